The predicted octanol–water partition coefficient (Wildman–Crippen LogP) is -0.443. The number of aliphatic carboxylic acids is 2. The third-order valence-corrected chi connectivity index (χ3v) is 1.83. The van der Waals surface area contributed by atoms with Gasteiger partial charge in [0.15, 0.2) is 0 Å². The van der Waals surface area contributed by atoms with E-state index < -0.39 is 23.9 Å². The summed E-state index contributed by atoms with van der Waals surface area (Å²) in [4.78, 5) is 20.9. The zero-order valence-corrected chi connectivity index (χ0v) is 8.38. The van der Waals surface area contributed by atoms with E-state index in [-0.39, 0.29) is 19.4 Å². The van der Waals surface area contributed by atoms with E-state index in [0.29, 0.717) is 0 Å². The van der Waals surface area contributed by atoms with Crippen molar-refractivity contribution in [3.63, 3.8) is 0 Å². The standard InChI is InChI=1S/C9H11N3O4/c10-3-6(4-11)5-12-7(9(15)16)1-2-8(13)14/h6-7,12H,1-2,5H2,(H,13,14)(H,15,16)/t7-/m0/s1. The fourth-order valence-electron chi connectivity index (χ4n) is 0.961. The second kappa shape index (κ2) is 7.21. The monoisotopic (exact) mass is 225 g/mol. The highest BCUT2D eigenvalue weighted by atomic mass is 16.4. The van der Waals surface area contributed by atoms with Crippen LogP contribution in [0.15, 0.2) is 0 Å². The van der Waals surface area contributed by atoms with Crippen molar-refractivity contribution in [1.29, 1.82) is 10.5 Å². The number of carbonyl (C=O) groups is 2. The first kappa shape index (κ1) is 13.9. The molecule has 0 unspecified atom stereocenters. The van der Waals surface area contributed by atoms with Crippen molar-refractivity contribution < 1.29 is 19.8 Å². The van der Waals surface area contributed by atoms with E-state index in [1.807, 2.05) is 0 Å². The molecule has 0 bridgehead atoms. The molecule has 3 N–H and O–H groups in total. The fraction of sp³-hybridized carbons (Fsp3) is 0.556. The molecule has 0 aromatic heterocycles. The summed E-state index contributed by atoms with van der Waals surface area (Å²) >= 11 is 0. The van der Waals surface area contributed by atoms with Gasteiger partial charge in [0.25, 0.3) is 0 Å². The van der Waals surface area contributed by atoms with Gasteiger partial charge in [-0.3, -0.25) is 9.59 Å². The highest BCUT2D eigenvalue weighted by molar-refractivity contribution is 5.75. The van der Waals surface area contributed by atoms with Gasteiger partial charge in [-0.05, 0) is 6.42 Å². The third-order valence-electron chi connectivity index (χ3n) is 1.83. The van der Waals surface area contributed by atoms with Gasteiger partial charge >= 0.3 is 11.9 Å². The van der Waals surface area contributed by atoms with Gasteiger partial charge in [-0.25, -0.2) is 0 Å². The number of nitriles is 2. The van der Waals surface area contributed by atoms with Gasteiger partial charge in [0.2, 0.25) is 0 Å². The normalized spacial score (nSPS) is 11.4. The van der Waals surface area contributed by atoms with Gasteiger partial charge in [-0.2, -0.15) is 10.5 Å². The Hall–Kier alpha value is -2.12. The van der Waals surface area contributed by atoms with Gasteiger partial charge in [-0.15, -0.1) is 0 Å². The van der Waals surface area contributed by atoms with E-state index in [1.165, 1.54) is 0 Å². The minimum absolute atomic E-state index is 0.0890. The minimum Gasteiger partial charge on any atom is -0.481 e. The fourth-order valence-corrected chi connectivity index (χ4v) is 0.961. The number of rotatable bonds is 7. The summed E-state index contributed by atoms with van der Waals surface area (Å²) in [6.45, 7) is -0.0937. The van der Waals surface area contributed by atoms with Crippen LogP contribution >= 0.6 is 0 Å². The van der Waals surface area contributed by atoms with Gasteiger partial charge in [0.05, 0.1) is 12.1 Å². The van der Waals surface area contributed by atoms with Crippen molar-refractivity contribution >= 4 is 11.9 Å². The molecule has 0 amide bonds. The van der Waals surface area contributed by atoms with Gasteiger partial charge in [0, 0.05) is 13.0 Å². The van der Waals surface area contributed by atoms with Crippen molar-refractivity contribution in [1.82, 2.24) is 5.32 Å². The Labute approximate surface area is 91.9 Å². The van der Waals surface area contributed by atoms with Gasteiger partial charge in [-0.1, -0.05) is 0 Å². The molecule has 0 aliphatic carbocycles. The van der Waals surface area contributed by atoms with Crippen LogP contribution in [0.2, 0.25) is 0 Å². The van der Waals surface area contributed by atoms with Crippen LogP contribution in [0.1, 0.15) is 12.8 Å². The molecular weight excluding hydrogens is 214 g/mol. The average molecular weight is 225 g/mol. The van der Waals surface area contributed by atoms with E-state index in [4.69, 9.17) is 20.7 Å². The second-order valence-electron chi connectivity index (χ2n) is 3.04. The molecule has 16 heavy (non-hydrogen) atoms. The molecule has 0 aromatic carbocycles. The smallest absolute Gasteiger partial charge is 0.320 e. The van der Waals surface area contributed by atoms with E-state index in [9.17, 15) is 9.59 Å². The molecule has 0 rings (SSSR count). The van der Waals surface area contributed by atoms with E-state index in [2.05, 4.69) is 5.32 Å². The van der Waals surface area contributed by atoms with E-state index >= 15 is 0 Å². The number of nitrogens with zero attached hydrogens (tertiary/aromatic N) is 2. The number of nitrogens with one attached hydrogen (secondary N) is 1. The molecule has 0 aromatic rings. The maximum absolute atomic E-state index is 10.7. The highest BCUT2D eigenvalue weighted by Gasteiger charge is 2.19. The van der Waals surface area contributed by atoms with Crippen LogP contribution in [0.3, 0.4) is 0 Å². The largest absolute Gasteiger partial charge is 0.481 e. The molecule has 0 saturated carbocycles. The summed E-state index contributed by atoms with van der Waals surface area (Å²) in [5.74, 6) is -3.23. The Bertz CT molecular complexity index is 328. The molecular formula is C9H11N3O4. The van der Waals surface area contributed by atoms with Crippen molar-refractivity contribution in [2.75, 3.05) is 6.54 Å². The minimum atomic E-state index is -1.20. The zero-order chi connectivity index (χ0) is 12.6. The van der Waals surface area contributed by atoms with Crippen LogP contribution in [0, 0.1) is 28.6 Å². The molecule has 0 spiro atoms. The Kier molecular flexibility index (Phi) is 6.25. The second-order valence-corrected chi connectivity index (χ2v) is 3.04. The molecule has 0 fully saturated rings. The molecule has 0 saturated heterocycles. The molecule has 7 nitrogen and oxygen atoms in total. The number of carboxylic acids is 2. The SMILES string of the molecule is N#CC(C#N)CN[C@@H](CCC(=O)O)C(=O)O. The lowest BCUT2D eigenvalue weighted by molar-refractivity contribution is -0.140. The van der Waals surface area contributed by atoms with Crippen LogP contribution in [0.4, 0.5) is 0 Å². The van der Waals surface area contributed by atoms with Crippen LogP contribution in [-0.2, 0) is 9.59 Å². The average Bonchev–Trinajstić information content (AvgIpc) is 2.22. The van der Waals surface area contributed by atoms with Crippen molar-refractivity contribution in [2.45, 2.75) is 18.9 Å². The molecule has 0 aliphatic rings. The first-order chi connectivity index (χ1) is 7.51. The van der Waals surface area contributed by atoms with Crippen molar-refractivity contribution in [3.8, 4) is 12.1 Å². The summed E-state index contributed by atoms with van der Waals surface area (Å²) in [7, 11) is 0. The van der Waals surface area contributed by atoms with Gasteiger partial charge < -0.3 is 15.5 Å². The Morgan fingerprint density at radius 1 is 1.25 bits per heavy atom. The van der Waals surface area contributed by atoms with Gasteiger partial charge in [0.1, 0.15) is 12.0 Å². The van der Waals surface area contributed by atoms with Crippen LogP contribution in [0.5, 0.6) is 0 Å². The lowest BCUT2D eigenvalue weighted by Gasteiger charge is -2.13. The lowest BCUT2D eigenvalue weighted by Crippen LogP contribution is -2.39. The highest BCUT2D eigenvalue weighted by Crippen LogP contribution is 1.99. The summed E-state index contributed by atoms with van der Waals surface area (Å²) in [5.41, 5.74) is 0. The zero-order valence-electron chi connectivity index (χ0n) is 8.38. The number of hydrogen-bond donors (Lipinski definition) is 3. The van der Waals surface area contributed by atoms with Crippen molar-refractivity contribution in [3.05, 3.63) is 0 Å². The Morgan fingerprint density at radius 2 is 1.81 bits per heavy atom. The van der Waals surface area contributed by atoms with Crippen LogP contribution in [-0.4, -0.2) is 34.7 Å². The Balaban J connectivity index is 4.16. The van der Waals surface area contributed by atoms with Crippen molar-refractivity contribution in [2.24, 2.45) is 5.92 Å². The molecule has 86 valence electrons. The third kappa shape index (κ3) is 5.58. The summed E-state index contributed by atoms with van der Waals surface area (Å²) in [6.07, 6.45) is -0.373. The lowest BCUT2D eigenvalue weighted by atomic mass is 10.1. The number of carboxylic acid groups (broad SMARTS) is 2. The first-order valence-corrected chi connectivity index (χ1v) is 4.48. The summed E-state index contributed by atoms with van der Waals surface area (Å²) < 4.78 is 0. The summed E-state index contributed by atoms with van der Waals surface area (Å²) in [6, 6.07) is 2.30. The summed E-state index contributed by atoms with van der Waals surface area (Å²) in [5, 5.41) is 36.5. The topological polar surface area (TPSA) is 134 Å². The molecule has 0 aliphatic heterocycles. The van der Waals surface area contributed by atoms with Crippen LogP contribution in [0.25, 0.3) is 0 Å². The first-order valence-electron chi connectivity index (χ1n) is 4.48. The quantitative estimate of drug-likeness (QED) is 0.534. The van der Waals surface area contributed by atoms with Crippen LogP contribution < -0.4 is 5.32 Å². The number of hydrogen-bond acceptors (Lipinski definition) is 5. The molecule has 0 heterocycles. The molecule has 0 radical (unpaired) electrons. The van der Waals surface area contributed by atoms with E-state index in [1.54, 1.807) is 12.1 Å². The predicted molar refractivity (Wildman–Crippen MR) is 51.0 cm³/mol. The maximum Gasteiger partial charge on any atom is 0.320 e. The molecule has 7 heteroatoms. The van der Waals surface area contributed by atoms with E-state index in [0.717, 1.165) is 0 Å². The maximum atomic E-state index is 10.7. The molecule has 1 atom stereocenters. The Morgan fingerprint density at radius 3 is 2.19 bits per heavy atom.